The predicted octanol–water partition coefficient (Wildman–Crippen LogP) is 0.792. The summed E-state index contributed by atoms with van der Waals surface area (Å²) >= 11 is 0. The minimum Gasteiger partial charge on any atom is -0.442 e. The van der Waals surface area contributed by atoms with Gasteiger partial charge in [-0.1, -0.05) is 13.8 Å². The molecule has 4 N–H and O–H groups in total. The summed E-state index contributed by atoms with van der Waals surface area (Å²) in [6, 6.07) is -0.209. The molecule has 49 heavy (non-hydrogen) atoms. The van der Waals surface area contributed by atoms with Crippen LogP contribution in [0.1, 0.15) is 54.7 Å². The van der Waals surface area contributed by atoms with Crippen LogP contribution < -0.4 is 17.0 Å². The Kier molecular flexibility index (Phi) is 12.4. The van der Waals surface area contributed by atoms with Gasteiger partial charge in [0.2, 0.25) is 13.6 Å². The van der Waals surface area contributed by atoms with Crippen molar-refractivity contribution in [2.24, 2.45) is 11.7 Å². The van der Waals surface area contributed by atoms with E-state index in [1.54, 1.807) is 13.8 Å². The molecular weight excluding hydrogens is 688 g/mol. The number of fused-ring (bicyclic) bond motifs is 1. The van der Waals surface area contributed by atoms with Crippen LogP contribution >= 0.6 is 7.82 Å². The maximum atomic E-state index is 14.7. The number of carbonyl (C=O) groups is 3. The molecule has 0 spiro atoms. The summed E-state index contributed by atoms with van der Waals surface area (Å²) < 4.78 is 74.0. The highest BCUT2D eigenvalue weighted by molar-refractivity contribution is 7.48. The van der Waals surface area contributed by atoms with Crippen LogP contribution in [0.25, 0.3) is 0 Å². The Morgan fingerprint density at radius 2 is 1.53 bits per heavy atom. The lowest BCUT2D eigenvalue weighted by Gasteiger charge is -2.33. The lowest BCUT2D eigenvalue weighted by atomic mass is 9.94. The van der Waals surface area contributed by atoms with E-state index in [1.165, 1.54) is 27.7 Å². The molecule has 0 bridgehead atoms. The van der Waals surface area contributed by atoms with Crippen molar-refractivity contribution in [3.8, 4) is 0 Å². The highest BCUT2D eigenvalue weighted by atomic mass is 31.2. The Morgan fingerprint density at radius 3 is 1.98 bits per heavy atom. The topological polar surface area (TPSA) is 262 Å². The van der Waals surface area contributed by atoms with Crippen molar-refractivity contribution < 1.29 is 75.5 Å². The van der Waals surface area contributed by atoms with Gasteiger partial charge < -0.3 is 44.4 Å². The number of ether oxygens (including phenoxy) is 6. The number of aliphatic hydroxyl groups is 2. The summed E-state index contributed by atoms with van der Waals surface area (Å²) in [5.41, 5.74) is -4.36. The summed E-state index contributed by atoms with van der Waals surface area (Å²) in [4.78, 5) is 61.5. The van der Waals surface area contributed by atoms with Crippen LogP contribution in [0.3, 0.4) is 0 Å². The van der Waals surface area contributed by atoms with Crippen molar-refractivity contribution in [2.75, 3.05) is 20.3 Å². The maximum Gasteiger partial charge on any atom is 0.510 e. The molecule has 1 saturated carbocycles. The zero-order valence-electron chi connectivity index (χ0n) is 27.8. The second kappa shape index (κ2) is 15.2. The lowest BCUT2D eigenvalue weighted by molar-refractivity contribution is -0.169. The van der Waals surface area contributed by atoms with Crippen molar-refractivity contribution in [1.29, 1.82) is 0 Å². The van der Waals surface area contributed by atoms with Crippen LogP contribution in [0.15, 0.2) is 21.9 Å². The van der Waals surface area contributed by atoms with Gasteiger partial charge in [0.1, 0.15) is 24.4 Å². The molecule has 2 heterocycles. The second-order valence-corrected chi connectivity index (χ2v) is 13.7. The van der Waals surface area contributed by atoms with E-state index in [-0.39, 0.29) is 5.92 Å². The smallest absolute Gasteiger partial charge is 0.442 e. The van der Waals surface area contributed by atoms with Gasteiger partial charge >= 0.3 is 31.8 Å². The summed E-state index contributed by atoms with van der Waals surface area (Å²) in [5, 5.41) is 23.1. The van der Waals surface area contributed by atoms with Crippen molar-refractivity contribution in [3.05, 3.63) is 33.1 Å². The maximum absolute atomic E-state index is 14.7. The van der Waals surface area contributed by atoms with E-state index in [4.69, 9.17) is 38.3 Å². The first-order valence-electron chi connectivity index (χ1n) is 14.8. The average Bonchev–Trinajstić information content (AvgIpc) is 3.43. The largest absolute Gasteiger partial charge is 0.510 e. The van der Waals surface area contributed by atoms with Crippen LogP contribution in [0, 0.1) is 5.92 Å². The second-order valence-electron chi connectivity index (χ2n) is 12.1. The first-order chi connectivity index (χ1) is 22.7. The number of rotatable bonds is 16. The monoisotopic (exact) mass is 729 g/mol. The number of carbonyl (C=O) groups excluding carboxylic acids is 3. The fourth-order valence-electron chi connectivity index (χ4n) is 4.78. The fourth-order valence-corrected chi connectivity index (χ4v) is 5.92. The molecule has 2 aliphatic rings. The third kappa shape index (κ3) is 8.15. The van der Waals surface area contributed by atoms with Gasteiger partial charge in [-0.25, -0.2) is 37.0 Å². The molecule has 1 aromatic heterocycles. The molecule has 3 rings (SSSR count). The number of esters is 1. The summed E-state index contributed by atoms with van der Waals surface area (Å²) in [6.45, 7) is 5.49. The number of hydrogen-bond acceptors (Lipinski definition) is 18. The molecule has 0 aromatic carbocycles. The average molecular weight is 730 g/mol. The minimum absolute atomic E-state index is 0.327. The van der Waals surface area contributed by atoms with Crippen LogP contribution in [-0.2, 0) is 58.1 Å². The molecule has 22 heteroatoms. The quantitative estimate of drug-likeness (QED) is 0.0919. The van der Waals surface area contributed by atoms with Crippen LogP contribution in [0.4, 0.5) is 14.0 Å². The van der Waals surface area contributed by atoms with Gasteiger partial charge in [-0.3, -0.25) is 18.7 Å². The molecule has 20 nitrogen and oxygen atoms in total. The Labute approximate surface area is 278 Å². The molecule has 6 unspecified atom stereocenters. The molecule has 1 aliphatic carbocycles. The number of phosphoric ester groups is 1. The van der Waals surface area contributed by atoms with E-state index in [2.05, 4.69) is 9.47 Å². The molecule has 2 fully saturated rings. The van der Waals surface area contributed by atoms with Gasteiger partial charge in [-0.15, -0.1) is 0 Å². The third-order valence-electron chi connectivity index (χ3n) is 7.49. The van der Waals surface area contributed by atoms with Gasteiger partial charge in [0.25, 0.3) is 5.56 Å². The van der Waals surface area contributed by atoms with Crippen molar-refractivity contribution in [1.82, 2.24) is 9.13 Å². The zero-order valence-corrected chi connectivity index (χ0v) is 28.7. The summed E-state index contributed by atoms with van der Waals surface area (Å²) in [5.74, 6) is -1.24. The number of alkyl halides is 1. The van der Waals surface area contributed by atoms with Gasteiger partial charge in [-0.05, 0) is 40.5 Å². The molecule has 1 aromatic rings. The molecule has 1 aliphatic heterocycles. The first-order valence-corrected chi connectivity index (χ1v) is 16.3. The number of nitrogens with zero attached hydrogens (tertiary/aromatic N) is 2. The highest BCUT2D eigenvalue weighted by Gasteiger charge is 2.93. The number of nitrogens with two attached hydrogens (primary N) is 1. The van der Waals surface area contributed by atoms with Gasteiger partial charge in [0.05, 0.1) is 12.2 Å². The number of aromatic nitrogens is 2. The van der Waals surface area contributed by atoms with E-state index in [1.807, 2.05) is 0 Å². The van der Waals surface area contributed by atoms with Gasteiger partial charge in [0.15, 0.2) is 24.2 Å². The number of halogens is 1. The zero-order chi connectivity index (χ0) is 37.1. The SMILES string of the molecule is CC(C)OC(=O)OCOP(=O)(OCOC(=O)OC(C)C)OC1C2(CF)OC(n3ccc(=O)n(COC(=O)C(N)C(C)C)c3=O)C(C)(O)C12O. The summed E-state index contributed by atoms with van der Waals surface area (Å²) in [6.07, 6.45) is -6.78. The predicted molar refractivity (Wildman–Crippen MR) is 158 cm³/mol. The van der Waals surface area contributed by atoms with Gasteiger partial charge in [0, 0.05) is 12.3 Å². The van der Waals surface area contributed by atoms with E-state index < -0.39 is 112 Å². The Balaban J connectivity index is 1.86. The number of hydrogen-bond donors (Lipinski definition) is 3. The molecule has 6 atom stereocenters. The Morgan fingerprint density at radius 1 is 1.00 bits per heavy atom. The minimum atomic E-state index is -5.11. The van der Waals surface area contributed by atoms with Crippen molar-refractivity contribution in [3.63, 3.8) is 0 Å². The normalized spacial score (nSPS) is 26.7. The van der Waals surface area contributed by atoms with Crippen LogP contribution in [-0.4, -0.2) is 99.0 Å². The Hall–Kier alpha value is -3.43. The molecule has 278 valence electrons. The first kappa shape index (κ1) is 40.0. The van der Waals surface area contributed by atoms with Gasteiger partial charge in [-0.2, -0.15) is 0 Å². The molecular formula is C27H41FN3O17P. The molecule has 0 radical (unpaired) electrons. The third-order valence-corrected chi connectivity index (χ3v) is 8.80. The standard InChI is InChI=1S/C27H41FN3O17P/c1-14(2)18(29)19(33)40-11-31-17(32)8-9-30(22(31)34)21-25(7,37)27(38)20(26(27,10-28)47-21)48-49(39,43-12-41-23(35)45-15(3)4)44-13-42-24(36)46-16(5)6/h8-9,14-16,18,20-21,37-38H,10-13,29H2,1-7H3. The fraction of sp³-hybridized carbons (Fsp3) is 0.741. The van der Waals surface area contributed by atoms with E-state index >= 15 is 0 Å². The Bertz CT molecular complexity index is 1510. The molecule has 0 amide bonds. The van der Waals surface area contributed by atoms with E-state index in [0.717, 1.165) is 19.2 Å². The van der Waals surface area contributed by atoms with Crippen LogP contribution in [0.2, 0.25) is 0 Å². The van der Waals surface area contributed by atoms with E-state index in [0.29, 0.717) is 9.13 Å². The number of phosphoric acid groups is 1. The summed E-state index contributed by atoms with van der Waals surface area (Å²) in [7, 11) is -5.11. The lowest BCUT2D eigenvalue weighted by Crippen LogP contribution is -2.52. The van der Waals surface area contributed by atoms with E-state index in [9.17, 15) is 43.1 Å². The highest BCUT2D eigenvalue weighted by Crippen LogP contribution is 2.72. The van der Waals surface area contributed by atoms with Crippen LogP contribution in [0.5, 0.6) is 0 Å². The van der Waals surface area contributed by atoms with Crippen molar-refractivity contribution in [2.45, 2.75) is 103 Å². The molecule has 1 saturated heterocycles. The van der Waals surface area contributed by atoms with Crippen molar-refractivity contribution >= 4 is 26.1 Å².